The molecule has 0 saturated carbocycles. The first-order valence-corrected chi connectivity index (χ1v) is 6.41. The number of thiazole rings is 1. The van der Waals surface area contributed by atoms with Gasteiger partial charge in [-0.3, -0.25) is 4.98 Å². The fourth-order valence-corrected chi connectivity index (χ4v) is 2.89. The number of rotatable bonds is 2. The van der Waals surface area contributed by atoms with Crippen LogP contribution in [0.25, 0.3) is 10.2 Å². The van der Waals surface area contributed by atoms with Gasteiger partial charge in [-0.05, 0) is 32.0 Å². The number of piperidine rings is 1. The van der Waals surface area contributed by atoms with E-state index in [-0.39, 0.29) is 0 Å². The summed E-state index contributed by atoms with van der Waals surface area (Å²) in [5, 5.41) is 7.89. The lowest BCUT2D eigenvalue weighted by molar-refractivity contribution is 0.479. The second kappa shape index (κ2) is 4.35. The van der Waals surface area contributed by atoms with Crippen molar-refractivity contribution in [2.75, 3.05) is 18.4 Å². The number of pyridine rings is 1. The Morgan fingerprint density at radius 2 is 2.25 bits per heavy atom. The van der Waals surface area contributed by atoms with Crippen LogP contribution in [0, 0.1) is 0 Å². The normalized spacial score (nSPS) is 17.8. The van der Waals surface area contributed by atoms with Gasteiger partial charge in [-0.25, -0.2) is 4.98 Å². The van der Waals surface area contributed by atoms with Gasteiger partial charge in [-0.1, -0.05) is 11.3 Å². The summed E-state index contributed by atoms with van der Waals surface area (Å²) in [5.74, 6) is 0. The maximum atomic E-state index is 4.53. The van der Waals surface area contributed by atoms with E-state index in [2.05, 4.69) is 20.6 Å². The van der Waals surface area contributed by atoms with E-state index in [1.165, 1.54) is 17.5 Å². The summed E-state index contributed by atoms with van der Waals surface area (Å²) in [6, 6.07) is 2.58. The van der Waals surface area contributed by atoms with Crippen molar-refractivity contribution in [3.63, 3.8) is 0 Å². The minimum atomic E-state index is 0.565. The zero-order valence-corrected chi connectivity index (χ0v) is 9.76. The smallest absolute Gasteiger partial charge is 0.184 e. The lowest BCUT2D eigenvalue weighted by atomic mass is 10.1. The molecule has 2 aromatic rings. The average Bonchev–Trinajstić information content (AvgIpc) is 2.72. The highest BCUT2D eigenvalue weighted by Gasteiger charge is 2.14. The van der Waals surface area contributed by atoms with E-state index in [1.54, 1.807) is 11.3 Å². The molecule has 2 N–H and O–H groups in total. The third-order valence-electron chi connectivity index (χ3n) is 2.86. The average molecular weight is 234 g/mol. The summed E-state index contributed by atoms with van der Waals surface area (Å²) in [6.45, 7) is 2.20. The van der Waals surface area contributed by atoms with Crippen molar-refractivity contribution in [3.05, 3.63) is 18.5 Å². The third-order valence-corrected chi connectivity index (χ3v) is 3.82. The lowest BCUT2D eigenvalue weighted by Gasteiger charge is -2.23. The summed E-state index contributed by atoms with van der Waals surface area (Å²) in [6.07, 6.45) is 5.98. The van der Waals surface area contributed by atoms with Crippen molar-refractivity contribution in [1.82, 2.24) is 15.3 Å². The van der Waals surface area contributed by atoms with E-state index in [0.717, 1.165) is 23.7 Å². The summed E-state index contributed by atoms with van der Waals surface area (Å²) >= 11 is 1.71. The first-order chi connectivity index (χ1) is 7.92. The number of anilines is 1. The Labute approximate surface area is 98.1 Å². The number of hydrogen-bond acceptors (Lipinski definition) is 5. The predicted molar refractivity (Wildman–Crippen MR) is 66.9 cm³/mol. The molecule has 1 aliphatic heterocycles. The fraction of sp³-hybridized carbons (Fsp3) is 0.455. The number of nitrogens with zero attached hydrogens (tertiary/aromatic N) is 2. The van der Waals surface area contributed by atoms with Gasteiger partial charge in [0.2, 0.25) is 0 Å². The standard InChI is InChI=1S/C11H14N4S/c1-4-12-5-2-8(1)14-11-15-9-7-13-6-3-10(9)16-11/h3,6-8,12H,1-2,4-5H2,(H,14,15). The van der Waals surface area contributed by atoms with Crippen LogP contribution in [0.3, 0.4) is 0 Å². The number of fused-ring (bicyclic) bond motifs is 1. The monoisotopic (exact) mass is 234 g/mol. The van der Waals surface area contributed by atoms with Crippen LogP contribution in [0.5, 0.6) is 0 Å². The van der Waals surface area contributed by atoms with Gasteiger partial charge in [0.25, 0.3) is 0 Å². The highest BCUT2D eigenvalue weighted by molar-refractivity contribution is 7.22. The SMILES string of the molecule is c1cc2sc(NC3CCNCC3)nc2cn1. The van der Waals surface area contributed by atoms with Gasteiger partial charge in [0.15, 0.2) is 5.13 Å². The number of hydrogen-bond donors (Lipinski definition) is 2. The van der Waals surface area contributed by atoms with Gasteiger partial charge >= 0.3 is 0 Å². The summed E-state index contributed by atoms with van der Waals surface area (Å²) in [5.41, 5.74) is 0.990. The maximum absolute atomic E-state index is 4.53. The van der Waals surface area contributed by atoms with Gasteiger partial charge < -0.3 is 10.6 Å². The molecule has 1 saturated heterocycles. The van der Waals surface area contributed by atoms with Crippen molar-refractivity contribution in [2.24, 2.45) is 0 Å². The molecule has 0 bridgehead atoms. The Kier molecular flexibility index (Phi) is 2.71. The molecular formula is C11H14N4S. The Hall–Kier alpha value is -1.20. The van der Waals surface area contributed by atoms with E-state index in [9.17, 15) is 0 Å². The van der Waals surface area contributed by atoms with E-state index in [1.807, 2.05) is 18.5 Å². The molecule has 0 spiro atoms. The second-order valence-corrected chi connectivity index (χ2v) is 5.06. The van der Waals surface area contributed by atoms with Gasteiger partial charge in [-0.15, -0.1) is 0 Å². The summed E-state index contributed by atoms with van der Waals surface area (Å²) in [4.78, 5) is 8.61. The highest BCUT2D eigenvalue weighted by atomic mass is 32.1. The molecule has 0 atom stereocenters. The summed E-state index contributed by atoms with van der Waals surface area (Å²) in [7, 11) is 0. The molecule has 84 valence electrons. The molecule has 4 nitrogen and oxygen atoms in total. The lowest BCUT2D eigenvalue weighted by Crippen LogP contribution is -2.35. The molecule has 3 heterocycles. The quantitative estimate of drug-likeness (QED) is 0.832. The minimum absolute atomic E-state index is 0.565. The fourth-order valence-electron chi connectivity index (χ4n) is 1.98. The molecule has 16 heavy (non-hydrogen) atoms. The molecule has 0 aliphatic carbocycles. The topological polar surface area (TPSA) is 49.8 Å². The number of nitrogens with one attached hydrogen (secondary N) is 2. The summed E-state index contributed by atoms with van der Waals surface area (Å²) < 4.78 is 1.20. The van der Waals surface area contributed by atoms with E-state index in [4.69, 9.17) is 0 Å². The molecule has 0 radical (unpaired) electrons. The number of aromatic nitrogens is 2. The van der Waals surface area contributed by atoms with E-state index >= 15 is 0 Å². The minimum Gasteiger partial charge on any atom is -0.359 e. The molecule has 3 rings (SSSR count). The molecule has 0 amide bonds. The largest absolute Gasteiger partial charge is 0.359 e. The Morgan fingerprint density at radius 3 is 3.06 bits per heavy atom. The van der Waals surface area contributed by atoms with Crippen LogP contribution in [0.2, 0.25) is 0 Å². The first-order valence-electron chi connectivity index (χ1n) is 5.59. The van der Waals surface area contributed by atoms with Crippen molar-refractivity contribution in [1.29, 1.82) is 0 Å². The Morgan fingerprint density at radius 1 is 1.38 bits per heavy atom. The van der Waals surface area contributed by atoms with Crippen molar-refractivity contribution in [3.8, 4) is 0 Å². The van der Waals surface area contributed by atoms with Crippen molar-refractivity contribution in [2.45, 2.75) is 18.9 Å². The zero-order chi connectivity index (χ0) is 10.8. The predicted octanol–water partition coefficient (Wildman–Crippen LogP) is 1.86. The highest BCUT2D eigenvalue weighted by Crippen LogP contribution is 2.26. The van der Waals surface area contributed by atoms with Crippen LogP contribution in [-0.4, -0.2) is 29.1 Å². The van der Waals surface area contributed by atoms with Crippen molar-refractivity contribution >= 4 is 26.7 Å². The van der Waals surface area contributed by atoms with Crippen LogP contribution in [-0.2, 0) is 0 Å². The van der Waals surface area contributed by atoms with Crippen LogP contribution >= 0.6 is 11.3 Å². The van der Waals surface area contributed by atoms with Gasteiger partial charge in [0.1, 0.15) is 5.52 Å². The van der Waals surface area contributed by atoms with Crippen molar-refractivity contribution < 1.29 is 0 Å². The molecular weight excluding hydrogens is 220 g/mol. The molecule has 2 aromatic heterocycles. The Balaban J connectivity index is 1.78. The maximum Gasteiger partial charge on any atom is 0.184 e. The van der Waals surface area contributed by atoms with Gasteiger partial charge in [0, 0.05) is 12.2 Å². The van der Waals surface area contributed by atoms with E-state index < -0.39 is 0 Å². The van der Waals surface area contributed by atoms with Crippen LogP contribution in [0.4, 0.5) is 5.13 Å². The molecule has 0 unspecified atom stereocenters. The van der Waals surface area contributed by atoms with Gasteiger partial charge in [-0.2, -0.15) is 0 Å². The van der Waals surface area contributed by atoms with Crippen LogP contribution < -0.4 is 10.6 Å². The van der Waals surface area contributed by atoms with Crippen LogP contribution in [0.15, 0.2) is 18.5 Å². The molecule has 1 aliphatic rings. The van der Waals surface area contributed by atoms with Crippen LogP contribution in [0.1, 0.15) is 12.8 Å². The first kappa shape index (κ1) is 9.99. The van der Waals surface area contributed by atoms with Gasteiger partial charge in [0.05, 0.1) is 10.9 Å². The third kappa shape index (κ3) is 2.01. The molecule has 1 fully saturated rings. The Bertz CT molecular complexity index is 443. The molecule has 5 heteroatoms. The molecule has 0 aromatic carbocycles. The second-order valence-electron chi connectivity index (χ2n) is 4.03. The van der Waals surface area contributed by atoms with E-state index in [0.29, 0.717) is 6.04 Å². The zero-order valence-electron chi connectivity index (χ0n) is 8.94.